The van der Waals surface area contributed by atoms with Crippen molar-refractivity contribution in [1.29, 1.82) is 0 Å². The molecule has 0 aliphatic carbocycles. The summed E-state index contributed by atoms with van der Waals surface area (Å²) in [5, 5.41) is 12.8. The molecular formula is C3H6N2O. The SMILES string of the molecule is ON1CCC=N1. The summed E-state index contributed by atoms with van der Waals surface area (Å²) in [4.78, 5) is 0. The third kappa shape index (κ3) is 0.490. The molecule has 0 atom stereocenters. The van der Waals surface area contributed by atoms with Crippen LogP contribution in [0.15, 0.2) is 5.10 Å². The lowest BCUT2D eigenvalue weighted by molar-refractivity contribution is -0.0786. The van der Waals surface area contributed by atoms with Crippen molar-refractivity contribution in [2.75, 3.05) is 6.54 Å². The molecule has 0 bridgehead atoms. The fourth-order valence-electron chi connectivity index (χ4n) is 0.383. The second-order valence-corrected chi connectivity index (χ2v) is 1.18. The van der Waals surface area contributed by atoms with E-state index in [1.54, 1.807) is 6.21 Å². The van der Waals surface area contributed by atoms with Crippen molar-refractivity contribution in [3.63, 3.8) is 0 Å². The standard InChI is InChI=1S/C3H6N2O/c6-5-3-1-2-4-5/h2,6H,1,3H2. The van der Waals surface area contributed by atoms with Gasteiger partial charge in [0.2, 0.25) is 0 Å². The number of hydroxylamine groups is 1. The van der Waals surface area contributed by atoms with Crippen LogP contribution in [-0.2, 0) is 0 Å². The topological polar surface area (TPSA) is 35.8 Å². The van der Waals surface area contributed by atoms with Crippen LogP contribution >= 0.6 is 0 Å². The normalized spacial score (nSPS) is 19.8. The average molecular weight is 86.1 g/mol. The van der Waals surface area contributed by atoms with E-state index in [2.05, 4.69) is 5.10 Å². The van der Waals surface area contributed by atoms with E-state index in [1.165, 1.54) is 0 Å². The van der Waals surface area contributed by atoms with Crippen molar-refractivity contribution in [3.05, 3.63) is 0 Å². The van der Waals surface area contributed by atoms with E-state index in [0.29, 0.717) is 6.54 Å². The number of rotatable bonds is 0. The maximum absolute atomic E-state index is 8.36. The number of hydrogen-bond donors (Lipinski definition) is 1. The monoisotopic (exact) mass is 86.0 g/mol. The molecule has 0 unspecified atom stereocenters. The Labute approximate surface area is 35.8 Å². The van der Waals surface area contributed by atoms with Crippen molar-refractivity contribution in [3.8, 4) is 0 Å². The van der Waals surface area contributed by atoms with Gasteiger partial charge in [-0.1, -0.05) is 0 Å². The highest BCUT2D eigenvalue weighted by atomic mass is 16.5. The van der Waals surface area contributed by atoms with Crippen LogP contribution in [0, 0.1) is 0 Å². The molecule has 0 fully saturated rings. The van der Waals surface area contributed by atoms with Crippen molar-refractivity contribution in [2.45, 2.75) is 6.42 Å². The first kappa shape index (κ1) is 3.61. The molecular weight excluding hydrogens is 80.0 g/mol. The molecule has 0 aromatic carbocycles. The highest BCUT2D eigenvalue weighted by Gasteiger charge is 1.96. The highest BCUT2D eigenvalue weighted by Crippen LogP contribution is 1.91. The van der Waals surface area contributed by atoms with Crippen LogP contribution in [0.25, 0.3) is 0 Å². The van der Waals surface area contributed by atoms with Gasteiger partial charge in [-0.2, -0.15) is 10.3 Å². The molecule has 1 rings (SSSR count). The summed E-state index contributed by atoms with van der Waals surface area (Å²) in [5.41, 5.74) is 0. The smallest absolute Gasteiger partial charge is 0.0696 e. The Morgan fingerprint density at radius 1 is 1.83 bits per heavy atom. The Morgan fingerprint density at radius 3 is 2.83 bits per heavy atom. The minimum atomic E-state index is 0.653. The zero-order valence-corrected chi connectivity index (χ0v) is 3.33. The molecule has 0 radical (unpaired) electrons. The van der Waals surface area contributed by atoms with Gasteiger partial charge in [0.1, 0.15) is 0 Å². The summed E-state index contributed by atoms with van der Waals surface area (Å²) in [6, 6.07) is 0. The van der Waals surface area contributed by atoms with Gasteiger partial charge >= 0.3 is 0 Å². The number of hydrogen-bond acceptors (Lipinski definition) is 3. The molecule has 0 saturated heterocycles. The molecule has 1 aliphatic heterocycles. The molecule has 34 valence electrons. The van der Waals surface area contributed by atoms with Crippen LogP contribution in [0.3, 0.4) is 0 Å². The summed E-state index contributed by atoms with van der Waals surface area (Å²) < 4.78 is 0. The zero-order chi connectivity index (χ0) is 4.41. The maximum Gasteiger partial charge on any atom is 0.0696 e. The molecule has 1 N–H and O–H groups in total. The second-order valence-electron chi connectivity index (χ2n) is 1.18. The zero-order valence-electron chi connectivity index (χ0n) is 3.33. The first-order chi connectivity index (χ1) is 2.89. The lowest BCUT2D eigenvalue weighted by Crippen LogP contribution is -2.05. The summed E-state index contributed by atoms with van der Waals surface area (Å²) in [5.74, 6) is 0. The molecule has 0 spiro atoms. The van der Waals surface area contributed by atoms with E-state index in [4.69, 9.17) is 5.21 Å². The Balaban J connectivity index is 2.38. The van der Waals surface area contributed by atoms with Crippen molar-refractivity contribution >= 4 is 6.21 Å². The van der Waals surface area contributed by atoms with Gasteiger partial charge in [-0.25, -0.2) is 0 Å². The number of nitrogens with zero attached hydrogens (tertiary/aromatic N) is 2. The molecule has 6 heavy (non-hydrogen) atoms. The molecule has 3 heteroatoms. The van der Waals surface area contributed by atoms with E-state index in [-0.39, 0.29) is 0 Å². The Kier molecular flexibility index (Phi) is 0.759. The lowest BCUT2D eigenvalue weighted by atomic mass is 10.5. The third-order valence-electron chi connectivity index (χ3n) is 0.673. The van der Waals surface area contributed by atoms with Crippen LogP contribution in [0.2, 0.25) is 0 Å². The molecule has 1 aliphatic rings. The van der Waals surface area contributed by atoms with Crippen molar-refractivity contribution in [1.82, 2.24) is 5.17 Å². The molecule has 0 aromatic heterocycles. The summed E-state index contributed by atoms with van der Waals surface area (Å²) in [7, 11) is 0. The van der Waals surface area contributed by atoms with E-state index < -0.39 is 0 Å². The molecule has 0 aromatic rings. The molecule has 0 saturated carbocycles. The van der Waals surface area contributed by atoms with Gasteiger partial charge in [0.25, 0.3) is 0 Å². The van der Waals surface area contributed by atoms with E-state index in [0.717, 1.165) is 11.6 Å². The quantitative estimate of drug-likeness (QED) is 0.452. The van der Waals surface area contributed by atoms with E-state index in [1.807, 2.05) is 0 Å². The van der Waals surface area contributed by atoms with Crippen molar-refractivity contribution < 1.29 is 5.21 Å². The minimum Gasteiger partial charge on any atom is -0.272 e. The van der Waals surface area contributed by atoms with Gasteiger partial charge in [0.05, 0.1) is 6.54 Å². The maximum atomic E-state index is 8.36. The van der Waals surface area contributed by atoms with E-state index in [9.17, 15) is 0 Å². The molecule has 3 nitrogen and oxygen atoms in total. The van der Waals surface area contributed by atoms with Crippen LogP contribution in [0.4, 0.5) is 0 Å². The Morgan fingerprint density at radius 2 is 2.67 bits per heavy atom. The summed E-state index contributed by atoms with van der Waals surface area (Å²) >= 11 is 0. The first-order valence-corrected chi connectivity index (χ1v) is 1.88. The van der Waals surface area contributed by atoms with Gasteiger partial charge in [0.15, 0.2) is 0 Å². The van der Waals surface area contributed by atoms with Crippen LogP contribution in [0.5, 0.6) is 0 Å². The van der Waals surface area contributed by atoms with Crippen LogP contribution in [-0.4, -0.2) is 23.1 Å². The summed E-state index contributed by atoms with van der Waals surface area (Å²) in [6.07, 6.45) is 2.55. The molecule has 0 amide bonds. The Bertz CT molecular complexity index is 71.2. The average Bonchev–Trinajstić information content (AvgIpc) is 1.86. The van der Waals surface area contributed by atoms with Gasteiger partial charge in [0, 0.05) is 12.6 Å². The minimum absolute atomic E-state index is 0.653. The van der Waals surface area contributed by atoms with Crippen LogP contribution < -0.4 is 0 Å². The van der Waals surface area contributed by atoms with Gasteiger partial charge < -0.3 is 0 Å². The van der Waals surface area contributed by atoms with Gasteiger partial charge in [-0.05, 0) is 0 Å². The molecule has 1 heterocycles. The fourth-order valence-corrected chi connectivity index (χ4v) is 0.383. The highest BCUT2D eigenvalue weighted by molar-refractivity contribution is 5.58. The fraction of sp³-hybridized carbons (Fsp3) is 0.667. The number of hydrazone groups is 1. The van der Waals surface area contributed by atoms with Gasteiger partial charge in [-0.15, -0.1) is 0 Å². The predicted molar refractivity (Wildman–Crippen MR) is 21.6 cm³/mol. The van der Waals surface area contributed by atoms with Gasteiger partial charge in [-0.3, -0.25) is 5.21 Å². The summed E-state index contributed by atoms with van der Waals surface area (Å²) in [6.45, 7) is 0.653. The first-order valence-electron chi connectivity index (χ1n) is 1.88. The largest absolute Gasteiger partial charge is 0.272 e. The van der Waals surface area contributed by atoms with Crippen LogP contribution in [0.1, 0.15) is 6.42 Å². The Hall–Kier alpha value is -0.570. The third-order valence-corrected chi connectivity index (χ3v) is 0.673. The predicted octanol–water partition coefficient (Wildman–Crippen LogP) is 0.0671. The lowest BCUT2D eigenvalue weighted by Gasteiger charge is -1.97. The second kappa shape index (κ2) is 1.26. The van der Waals surface area contributed by atoms with E-state index >= 15 is 0 Å². The van der Waals surface area contributed by atoms with Crippen molar-refractivity contribution in [2.24, 2.45) is 5.10 Å².